The van der Waals surface area contributed by atoms with Gasteiger partial charge >= 0.3 is 0 Å². The Balaban J connectivity index is 1.48. The first-order valence-electron chi connectivity index (χ1n) is 9.49. The summed E-state index contributed by atoms with van der Waals surface area (Å²) in [6, 6.07) is 13.2. The van der Waals surface area contributed by atoms with Crippen molar-refractivity contribution >= 4 is 5.91 Å². The van der Waals surface area contributed by atoms with Crippen LogP contribution in [0.4, 0.5) is 0 Å². The van der Waals surface area contributed by atoms with Crippen LogP contribution in [0.25, 0.3) is 11.1 Å². The Morgan fingerprint density at radius 1 is 1.23 bits per heavy atom. The largest absolute Gasteiger partial charge is 0.439 e. The second kappa shape index (κ2) is 8.26. The highest BCUT2D eigenvalue weighted by molar-refractivity contribution is 5.95. The topological polar surface area (TPSA) is 90.5 Å². The molecule has 3 heterocycles. The predicted octanol–water partition coefficient (Wildman–Crippen LogP) is 3.57. The summed E-state index contributed by atoms with van der Waals surface area (Å²) in [6.45, 7) is 1.98. The number of nitrogens with zero attached hydrogens (tertiary/aromatic N) is 2. The standard InChI is InChI=1S/C23H22N4O3/c1-15-8-9-24-21(10-15)30-19-5-3-4-16(11-19)17-12-20(25-13-17)23(29)26-18-6-7-22(28)27(2)14-18/h3-14,22,25,28H,1-2H3,(H,26,29). The van der Waals surface area contributed by atoms with E-state index >= 15 is 0 Å². The van der Waals surface area contributed by atoms with Crippen LogP contribution < -0.4 is 10.1 Å². The van der Waals surface area contributed by atoms with E-state index in [0.717, 1.165) is 16.7 Å². The fourth-order valence-corrected chi connectivity index (χ4v) is 3.05. The Kier molecular flexibility index (Phi) is 5.36. The number of aliphatic hydroxyl groups excluding tert-OH is 1. The lowest BCUT2D eigenvalue weighted by Crippen LogP contribution is -2.31. The van der Waals surface area contributed by atoms with Gasteiger partial charge in [0.2, 0.25) is 5.88 Å². The molecular weight excluding hydrogens is 380 g/mol. The molecule has 1 amide bonds. The Morgan fingerprint density at radius 2 is 2.10 bits per heavy atom. The number of aromatic nitrogens is 2. The van der Waals surface area contributed by atoms with Crippen molar-refractivity contribution in [2.24, 2.45) is 0 Å². The molecule has 7 heteroatoms. The second-order valence-electron chi connectivity index (χ2n) is 7.08. The first kappa shape index (κ1) is 19.5. The van der Waals surface area contributed by atoms with Crippen LogP contribution in [0.15, 0.2) is 78.9 Å². The van der Waals surface area contributed by atoms with Gasteiger partial charge in [-0.05, 0) is 54.5 Å². The minimum atomic E-state index is -0.688. The first-order valence-corrected chi connectivity index (χ1v) is 9.49. The van der Waals surface area contributed by atoms with Gasteiger partial charge in [0.15, 0.2) is 0 Å². The van der Waals surface area contributed by atoms with Crippen molar-refractivity contribution in [1.29, 1.82) is 0 Å². The van der Waals surface area contributed by atoms with Crippen LogP contribution >= 0.6 is 0 Å². The van der Waals surface area contributed by atoms with Crippen LogP contribution in [0.3, 0.4) is 0 Å². The summed E-state index contributed by atoms with van der Waals surface area (Å²) in [4.78, 5) is 21.4. The normalized spacial score (nSPS) is 15.6. The van der Waals surface area contributed by atoms with Gasteiger partial charge in [-0.25, -0.2) is 4.98 Å². The molecule has 1 unspecified atom stereocenters. The smallest absolute Gasteiger partial charge is 0.272 e. The fourth-order valence-electron chi connectivity index (χ4n) is 3.05. The molecule has 7 nitrogen and oxygen atoms in total. The highest BCUT2D eigenvalue weighted by atomic mass is 16.5. The molecule has 1 atom stereocenters. The number of aromatic amines is 1. The maximum Gasteiger partial charge on any atom is 0.272 e. The summed E-state index contributed by atoms with van der Waals surface area (Å²) in [5.74, 6) is 0.931. The lowest BCUT2D eigenvalue weighted by atomic mass is 10.1. The summed E-state index contributed by atoms with van der Waals surface area (Å²) in [5.41, 5.74) is 3.88. The number of aliphatic hydroxyl groups is 1. The monoisotopic (exact) mass is 402 g/mol. The van der Waals surface area contributed by atoms with Gasteiger partial charge in [0.25, 0.3) is 5.91 Å². The second-order valence-corrected chi connectivity index (χ2v) is 7.08. The van der Waals surface area contributed by atoms with Crippen molar-refractivity contribution in [3.05, 3.63) is 90.2 Å². The molecule has 2 aromatic heterocycles. The van der Waals surface area contributed by atoms with Crippen LogP contribution in [0.2, 0.25) is 0 Å². The minimum absolute atomic E-state index is 0.265. The van der Waals surface area contributed by atoms with Gasteiger partial charge in [-0.15, -0.1) is 0 Å². The van der Waals surface area contributed by atoms with E-state index in [1.54, 1.807) is 48.8 Å². The Hall–Kier alpha value is -3.84. The lowest BCUT2D eigenvalue weighted by Gasteiger charge is -2.23. The van der Waals surface area contributed by atoms with E-state index in [-0.39, 0.29) is 5.91 Å². The maximum atomic E-state index is 12.6. The van der Waals surface area contributed by atoms with E-state index in [1.807, 2.05) is 43.3 Å². The van der Waals surface area contributed by atoms with Crippen LogP contribution in [-0.2, 0) is 0 Å². The maximum absolute atomic E-state index is 12.6. The number of pyridine rings is 1. The van der Waals surface area contributed by atoms with Gasteiger partial charge in [0.1, 0.15) is 17.7 Å². The minimum Gasteiger partial charge on any atom is -0.439 e. The fraction of sp³-hybridized carbons (Fsp3) is 0.130. The lowest BCUT2D eigenvalue weighted by molar-refractivity contribution is 0.0915. The predicted molar refractivity (Wildman–Crippen MR) is 114 cm³/mol. The highest BCUT2D eigenvalue weighted by Crippen LogP contribution is 2.27. The molecule has 0 fully saturated rings. The third-order valence-corrected chi connectivity index (χ3v) is 4.67. The average molecular weight is 402 g/mol. The molecule has 152 valence electrons. The summed E-state index contributed by atoms with van der Waals surface area (Å²) in [6.07, 6.45) is 7.75. The average Bonchev–Trinajstić information content (AvgIpc) is 3.22. The molecule has 0 saturated carbocycles. The molecule has 0 aliphatic carbocycles. The molecule has 30 heavy (non-hydrogen) atoms. The van der Waals surface area contributed by atoms with Gasteiger partial charge in [-0.3, -0.25) is 4.79 Å². The van der Waals surface area contributed by atoms with Crippen LogP contribution in [0.1, 0.15) is 16.1 Å². The van der Waals surface area contributed by atoms with Crippen LogP contribution in [0.5, 0.6) is 11.6 Å². The summed E-state index contributed by atoms with van der Waals surface area (Å²) in [7, 11) is 1.73. The molecule has 0 spiro atoms. The van der Waals surface area contributed by atoms with Gasteiger partial charge in [0, 0.05) is 37.3 Å². The summed E-state index contributed by atoms with van der Waals surface area (Å²) >= 11 is 0. The number of ether oxygens (including phenoxy) is 1. The number of hydrogen-bond donors (Lipinski definition) is 3. The Bertz CT molecular complexity index is 1130. The molecule has 0 radical (unpaired) electrons. The number of likely N-dealkylation sites (N-methyl/N-ethyl adjacent to an activating group) is 1. The third kappa shape index (κ3) is 4.42. The number of carbonyl (C=O) groups is 1. The Labute approximate surface area is 174 Å². The number of amides is 1. The number of H-pyrrole nitrogens is 1. The van der Waals surface area contributed by atoms with Crippen LogP contribution in [0, 0.1) is 6.92 Å². The zero-order valence-electron chi connectivity index (χ0n) is 16.7. The number of carbonyl (C=O) groups excluding carboxylic acids is 1. The Morgan fingerprint density at radius 3 is 2.90 bits per heavy atom. The van der Waals surface area contributed by atoms with E-state index < -0.39 is 6.23 Å². The van der Waals surface area contributed by atoms with E-state index in [2.05, 4.69) is 15.3 Å². The van der Waals surface area contributed by atoms with Gasteiger partial charge in [-0.2, -0.15) is 0 Å². The van der Waals surface area contributed by atoms with Gasteiger partial charge in [0.05, 0.1) is 5.70 Å². The summed E-state index contributed by atoms with van der Waals surface area (Å²) in [5, 5.41) is 12.5. The number of aryl methyl sites for hydroxylation is 1. The zero-order valence-corrected chi connectivity index (χ0v) is 16.7. The number of rotatable bonds is 5. The SMILES string of the molecule is Cc1ccnc(Oc2cccc(-c3c[nH]c(C(=O)NC4=CN(C)C(O)C=C4)c3)c2)c1. The van der Waals surface area contributed by atoms with E-state index in [4.69, 9.17) is 4.74 Å². The van der Waals surface area contributed by atoms with Crippen molar-refractivity contribution in [3.63, 3.8) is 0 Å². The molecule has 1 aliphatic rings. The number of hydrogen-bond acceptors (Lipinski definition) is 5. The van der Waals surface area contributed by atoms with Crippen molar-refractivity contribution in [3.8, 4) is 22.8 Å². The molecular formula is C23H22N4O3. The van der Waals surface area contributed by atoms with Crippen LogP contribution in [-0.4, -0.2) is 39.2 Å². The van der Waals surface area contributed by atoms with Crippen molar-refractivity contribution in [2.75, 3.05) is 7.05 Å². The number of benzene rings is 1. The number of nitrogens with one attached hydrogen (secondary N) is 2. The van der Waals surface area contributed by atoms with E-state index in [9.17, 15) is 9.90 Å². The van der Waals surface area contributed by atoms with Gasteiger partial charge in [-0.1, -0.05) is 12.1 Å². The summed E-state index contributed by atoms with van der Waals surface area (Å²) < 4.78 is 5.85. The molecule has 3 N–H and O–H groups in total. The van der Waals surface area contributed by atoms with Gasteiger partial charge < -0.3 is 25.0 Å². The van der Waals surface area contributed by atoms with E-state index in [0.29, 0.717) is 23.0 Å². The first-order chi connectivity index (χ1) is 14.5. The van der Waals surface area contributed by atoms with Crippen molar-refractivity contribution < 1.29 is 14.6 Å². The molecule has 1 aliphatic heterocycles. The molecule has 4 rings (SSSR count). The van der Waals surface area contributed by atoms with Crippen molar-refractivity contribution in [1.82, 2.24) is 20.2 Å². The molecule has 0 saturated heterocycles. The van der Waals surface area contributed by atoms with E-state index in [1.165, 1.54) is 0 Å². The molecule has 3 aromatic rings. The molecule has 1 aromatic carbocycles. The van der Waals surface area contributed by atoms with Crippen molar-refractivity contribution in [2.45, 2.75) is 13.2 Å². The highest BCUT2D eigenvalue weighted by Gasteiger charge is 2.15. The zero-order chi connectivity index (χ0) is 21.1. The third-order valence-electron chi connectivity index (χ3n) is 4.67. The quantitative estimate of drug-likeness (QED) is 0.607. The molecule has 0 bridgehead atoms. The number of allylic oxidation sites excluding steroid dienone is 1.